The Hall–Kier alpha value is -2.70. The fourth-order valence-electron chi connectivity index (χ4n) is 2.87. The normalized spacial score (nSPS) is 11.3. The minimum absolute atomic E-state index is 0.00625. The molecule has 1 aromatic carbocycles. The highest BCUT2D eigenvalue weighted by Crippen LogP contribution is 2.27. The molecule has 7 heteroatoms. The van der Waals surface area contributed by atoms with E-state index in [9.17, 15) is 14.0 Å². The Kier molecular flexibility index (Phi) is 3.43. The van der Waals surface area contributed by atoms with Crippen molar-refractivity contribution in [1.82, 2.24) is 19.4 Å². The van der Waals surface area contributed by atoms with Crippen molar-refractivity contribution < 1.29 is 9.18 Å². The van der Waals surface area contributed by atoms with Gasteiger partial charge in [0.2, 0.25) is 5.43 Å². The van der Waals surface area contributed by atoms with Gasteiger partial charge in [-0.05, 0) is 19.9 Å². The van der Waals surface area contributed by atoms with E-state index in [2.05, 4.69) is 10.3 Å². The number of hydrogen-bond acceptors (Lipinski definition) is 3. The maximum absolute atomic E-state index is 14.5. The Morgan fingerprint density at radius 3 is 2.70 bits per heavy atom. The Balaban J connectivity index is 2.59. The number of hydrogen-bond donors (Lipinski definition) is 1. The van der Waals surface area contributed by atoms with Gasteiger partial charge in [-0.1, -0.05) is 0 Å². The molecule has 0 radical (unpaired) electrons. The molecule has 6 nitrogen and oxygen atoms in total. The van der Waals surface area contributed by atoms with Crippen molar-refractivity contribution in [3.05, 3.63) is 39.7 Å². The number of imidazole rings is 1. The van der Waals surface area contributed by atoms with E-state index in [4.69, 9.17) is 0 Å². The minimum atomic E-state index is -0.524. The van der Waals surface area contributed by atoms with Gasteiger partial charge in [0.25, 0.3) is 5.91 Å². The average Bonchev–Trinajstić information content (AvgIpc) is 2.83. The van der Waals surface area contributed by atoms with Crippen molar-refractivity contribution in [1.29, 1.82) is 0 Å². The number of pyridine rings is 1. The van der Waals surface area contributed by atoms with Gasteiger partial charge in [-0.3, -0.25) is 9.59 Å². The summed E-state index contributed by atoms with van der Waals surface area (Å²) < 4.78 is 17.9. The van der Waals surface area contributed by atoms with E-state index in [1.165, 1.54) is 19.3 Å². The quantitative estimate of drug-likeness (QED) is 0.782. The smallest absolute Gasteiger partial charge is 0.256 e. The largest absolute Gasteiger partial charge is 0.355 e. The Morgan fingerprint density at radius 2 is 2.09 bits per heavy atom. The van der Waals surface area contributed by atoms with Crippen LogP contribution in [-0.2, 0) is 13.6 Å². The van der Waals surface area contributed by atoms with Gasteiger partial charge in [-0.15, -0.1) is 0 Å². The fourth-order valence-corrected chi connectivity index (χ4v) is 2.87. The van der Waals surface area contributed by atoms with Gasteiger partial charge in [0, 0.05) is 26.8 Å². The second-order valence-electron chi connectivity index (χ2n) is 5.41. The third-order valence-corrected chi connectivity index (χ3v) is 4.17. The number of halogens is 1. The van der Waals surface area contributed by atoms with Crippen LogP contribution < -0.4 is 10.7 Å². The van der Waals surface area contributed by atoms with E-state index in [0.717, 1.165) is 0 Å². The van der Waals surface area contributed by atoms with Crippen molar-refractivity contribution in [2.45, 2.75) is 20.4 Å². The second kappa shape index (κ2) is 5.19. The number of aromatic nitrogens is 3. The Bertz CT molecular complexity index is 1020. The molecule has 2 aromatic heterocycles. The standard InChI is InChI=1S/C16H17FN4O2/c1-5-21-7-10(16(23)18-3)15(22)9-6-11(17)14-12(13(9)21)19-8(2)20(14)4/h6-7H,5H2,1-4H3,(H,18,23). The third kappa shape index (κ3) is 2.03. The van der Waals surface area contributed by atoms with E-state index < -0.39 is 17.2 Å². The predicted octanol–water partition coefficient (Wildman–Crippen LogP) is 1.72. The third-order valence-electron chi connectivity index (χ3n) is 4.17. The Labute approximate surface area is 131 Å². The zero-order valence-corrected chi connectivity index (χ0v) is 13.4. The number of fused-ring (bicyclic) bond motifs is 3. The van der Waals surface area contributed by atoms with Crippen molar-refractivity contribution >= 4 is 27.8 Å². The molecule has 0 saturated heterocycles. The number of aryl methyl sites for hydroxylation is 3. The maximum Gasteiger partial charge on any atom is 0.256 e. The van der Waals surface area contributed by atoms with Crippen LogP contribution in [0.25, 0.3) is 21.9 Å². The van der Waals surface area contributed by atoms with Crippen LogP contribution in [0.4, 0.5) is 4.39 Å². The first-order valence-electron chi connectivity index (χ1n) is 7.31. The summed E-state index contributed by atoms with van der Waals surface area (Å²) in [6.07, 6.45) is 1.50. The van der Waals surface area contributed by atoms with Gasteiger partial charge in [0.05, 0.1) is 10.9 Å². The summed E-state index contributed by atoms with van der Waals surface area (Å²) in [6.45, 7) is 4.19. The summed E-state index contributed by atoms with van der Waals surface area (Å²) in [5, 5.41) is 2.60. The zero-order valence-electron chi connectivity index (χ0n) is 13.4. The second-order valence-corrected chi connectivity index (χ2v) is 5.41. The van der Waals surface area contributed by atoms with Gasteiger partial charge in [-0.2, -0.15) is 0 Å². The van der Waals surface area contributed by atoms with E-state index in [1.54, 1.807) is 23.1 Å². The van der Waals surface area contributed by atoms with Crippen LogP contribution in [0.3, 0.4) is 0 Å². The number of benzene rings is 1. The van der Waals surface area contributed by atoms with Crippen LogP contribution in [-0.4, -0.2) is 27.1 Å². The molecule has 0 bridgehead atoms. The minimum Gasteiger partial charge on any atom is -0.355 e. The first-order valence-corrected chi connectivity index (χ1v) is 7.31. The van der Waals surface area contributed by atoms with E-state index in [1.807, 2.05) is 6.92 Å². The van der Waals surface area contributed by atoms with Crippen molar-refractivity contribution in [2.75, 3.05) is 7.05 Å². The molecular formula is C16H17FN4O2. The van der Waals surface area contributed by atoms with Crippen molar-refractivity contribution in [3.63, 3.8) is 0 Å². The lowest BCUT2D eigenvalue weighted by atomic mass is 10.1. The highest BCUT2D eigenvalue weighted by atomic mass is 19.1. The van der Waals surface area contributed by atoms with Gasteiger partial charge >= 0.3 is 0 Å². The van der Waals surface area contributed by atoms with Crippen LogP contribution in [0.5, 0.6) is 0 Å². The van der Waals surface area contributed by atoms with Crippen LogP contribution >= 0.6 is 0 Å². The first kappa shape index (κ1) is 15.2. The topological polar surface area (TPSA) is 68.9 Å². The summed E-state index contributed by atoms with van der Waals surface area (Å²) in [5.74, 6) is -0.363. The molecule has 0 unspecified atom stereocenters. The first-order chi connectivity index (χ1) is 10.9. The lowest BCUT2D eigenvalue weighted by Gasteiger charge is -2.12. The molecule has 0 spiro atoms. The number of carbonyl (C=O) groups excluding carboxylic acids is 1. The summed E-state index contributed by atoms with van der Waals surface area (Å²) in [6, 6.07) is 1.19. The molecule has 23 heavy (non-hydrogen) atoms. The summed E-state index contributed by atoms with van der Waals surface area (Å²) in [5.41, 5.74) is 0.832. The lowest BCUT2D eigenvalue weighted by Crippen LogP contribution is -2.27. The molecule has 3 rings (SSSR count). The van der Waals surface area contributed by atoms with E-state index >= 15 is 0 Å². The zero-order chi connectivity index (χ0) is 16.9. The monoisotopic (exact) mass is 316 g/mol. The van der Waals surface area contributed by atoms with Crippen LogP contribution in [0.1, 0.15) is 23.1 Å². The maximum atomic E-state index is 14.5. The molecule has 0 atom stereocenters. The lowest BCUT2D eigenvalue weighted by molar-refractivity contribution is 0.0961. The molecule has 3 aromatic rings. The highest BCUT2D eigenvalue weighted by Gasteiger charge is 2.20. The van der Waals surface area contributed by atoms with Crippen LogP contribution in [0.15, 0.2) is 17.1 Å². The predicted molar refractivity (Wildman–Crippen MR) is 86.2 cm³/mol. The number of rotatable bonds is 2. The fraction of sp³-hybridized carbons (Fsp3) is 0.312. The van der Waals surface area contributed by atoms with Gasteiger partial charge in [0.1, 0.15) is 28.2 Å². The molecule has 0 saturated carbocycles. The summed E-state index contributed by atoms with van der Waals surface area (Å²) in [4.78, 5) is 28.9. The van der Waals surface area contributed by atoms with E-state index in [-0.39, 0.29) is 10.9 Å². The molecule has 2 heterocycles. The molecule has 0 fully saturated rings. The van der Waals surface area contributed by atoms with Gasteiger partial charge in [-0.25, -0.2) is 9.37 Å². The van der Waals surface area contributed by atoms with Crippen LogP contribution in [0, 0.1) is 12.7 Å². The van der Waals surface area contributed by atoms with Gasteiger partial charge in [0.15, 0.2) is 0 Å². The van der Waals surface area contributed by atoms with E-state index in [0.29, 0.717) is 28.9 Å². The molecule has 0 aliphatic carbocycles. The number of nitrogens with one attached hydrogen (secondary N) is 1. The van der Waals surface area contributed by atoms with Crippen molar-refractivity contribution in [2.24, 2.45) is 7.05 Å². The molecule has 1 N–H and O–H groups in total. The number of amides is 1. The summed E-state index contributed by atoms with van der Waals surface area (Å²) >= 11 is 0. The summed E-state index contributed by atoms with van der Waals surface area (Å²) in [7, 11) is 3.18. The molecule has 1 amide bonds. The van der Waals surface area contributed by atoms with Crippen molar-refractivity contribution in [3.8, 4) is 0 Å². The van der Waals surface area contributed by atoms with Gasteiger partial charge < -0.3 is 14.5 Å². The number of carbonyl (C=O) groups is 1. The van der Waals surface area contributed by atoms with Crippen LogP contribution in [0.2, 0.25) is 0 Å². The SMILES string of the molecule is CCn1cc(C(=O)NC)c(=O)c2cc(F)c3c(nc(C)n3C)c21. The molecule has 0 aliphatic heterocycles. The Morgan fingerprint density at radius 1 is 1.39 bits per heavy atom. The average molecular weight is 316 g/mol. The molecule has 0 aliphatic rings. The highest BCUT2D eigenvalue weighted by molar-refractivity contribution is 6.05. The molecular weight excluding hydrogens is 299 g/mol. The molecule has 120 valence electrons. The number of nitrogens with zero attached hydrogens (tertiary/aromatic N) is 3.